The maximum absolute atomic E-state index is 14.0. The lowest BCUT2D eigenvalue weighted by atomic mass is 9.93. The Morgan fingerprint density at radius 2 is 0.882 bits per heavy atom. The predicted molar refractivity (Wildman–Crippen MR) is 149 cm³/mol. The largest absolute Gasteiger partial charge is 0.361 e. The van der Waals surface area contributed by atoms with E-state index in [1.54, 1.807) is 12.4 Å². The third-order valence-electron chi connectivity index (χ3n) is 5.11. The highest BCUT2D eigenvalue weighted by Crippen LogP contribution is 2.26. The van der Waals surface area contributed by atoms with Gasteiger partial charge in [-0.15, -0.1) is 0 Å². The Balaban J connectivity index is 1.73. The van der Waals surface area contributed by atoms with Gasteiger partial charge in [-0.1, -0.05) is 92.5 Å². The minimum Gasteiger partial charge on any atom is -0.361 e. The average molecular weight is 574 g/mol. The molecule has 2 N–H and O–H groups in total. The molecule has 0 unspecified atom stereocenters. The summed E-state index contributed by atoms with van der Waals surface area (Å²) in [5.41, 5.74) is 4.59. The predicted octanol–water partition coefficient (Wildman–Crippen LogP) is 8.39. The molecule has 5 heteroatoms. The van der Waals surface area contributed by atoms with E-state index in [9.17, 15) is 4.79 Å². The first-order chi connectivity index (χ1) is 16.6. The van der Waals surface area contributed by atoms with Crippen molar-refractivity contribution in [2.45, 2.75) is 0 Å². The van der Waals surface area contributed by atoms with E-state index in [1.165, 1.54) is 0 Å². The van der Waals surface area contributed by atoms with Crippen molar-refractivity contribution >= 4 is 60.2 Å². The van der Waals surface area contributed by atoms with Crippen molar-refractivity contribution in [3.05, 3.63) is 142 Å². The van der Waals surface area contributed by atoms with Crippen LogP contribution in [0.2, 0.25) is 0 Å². The molecule has 0 atom stereocenters. The minimum atomic E-state index is -0.0911. The average Bonchev–Trinajstić information content (AvgIpc) is 2.88. The second kappa shape index (κ2) is 11.6. The Morgan fingerprint density at radius 3 is 1.24 bits per heavy atom. The quantitative estimate of drug-likeness (QED) is 0.208. The SMILES string of the molecule is O=C(/C(=C/Nc1ccc(Br)cc1)c1ccccc1)/C(=C/Nc1ccc(Br)cc1)c1ccccc1. The van der Waals surface area contributed by atoms with Crippen LogP contribution in [-0.4, -0.2) is 5.78 Å². The lowest BCUT2D eigenvalue weighted by Gasteiger charge is -2.13. The van der Waals surface area contributed by atoms with Gasteiger partial charge in [0.1, 0.15) is 0 Å². The lowest BCUT2D eigenvalue weighted by molar-refractivity contribution is -0.108. The van der Waals surface area contributed by atoms with Gasteiger partial charge in [0.05, 0.1) is 0 Å². The molecule has 4 rings (SSSR count). The summed E-state index contributed by atoms with van der Waals surface area (Å²) >= 11 is 6.91. The van der Waals surface area contributed by atoms with Crippen LogP contribution in [0.4, 0.5) is 11.4 Å². The molecule has 0 aliphatic heterocycles. The van der Waals surface area contributed by atoms with Crippen LogP contribution >= 0.6 is 31.9 Å². The highest BCUT2D eigenvalue weighted by atomic mass is 79.9. The van der Waals surface area contributed by atoms with Crippen molar-refractivity contribution in [2.24, 2.45) is 0 Å². The highest BCUT2D eigenvalue weighted by Gasteiger charge is 2.19. The van der Waals surface area contributed by atoms with Crippen LogP contribution in [0.25, 0.3) is 11.1 Å². The number of anilines is 2. The maximum atomic E-state index is 14.0. The van der Waals surface area contributed by atoms with Crippen LogP contribution in [0.1, 0.15) is 11.1 Å². The van der Waals surface area contributed by atoms with Crippen molar-refractivity contribution in [1.29, 1.82) is 0 Å². The fraction of sp³-hybridized carbons (Fsp3) is 0. The maximum Gasteiger partial charge on any atom is 0.197 e. The van der Waals surface area contributed by atoms with Crippen molar-refractivity contribution < 1.29 is 4.79 Å². The van der Waals surface area contributed by atoms with Gasteiger partial charge in [-0.2, -0.15) is 0 Å². The topological polar surface area (TPSA) is 41.1 Å². The van der Waals surface area contributed by atoms with Gasteiger partial charge in [-0.25, -0.2) is 0 Å². The zero-order valence-electron chi connectivity index (χ0n) is 18.2. The molecule has 3 nitrogen and oxygen atoms in total. The monoisotopic (exact) mass is 572 g/mol. The van der Waals surface area contributed by atoms with Crippen LogP contribution in [-0.2, 0) is 4.79 Å². The van der Waals surface area contributed by atoms with E-state index in [4.69, 9.17) is 0 Å². The van der Waals surface area contributed by atoms with Crippen LogP contribution in [0.5, 0.6) is 0 Å². The summed E-state index contributed by atoms with van der Waals surface area (Å²) in [7, 11) is 0. The van der Waals surface area contributed by atoms with E-state index in [0.717, 1.165) is 31.4 Å². The summed E-state index contributed by atoms with van der Waals surface area (Å²) in [5, 5.41) is 6.56. The Bertz CT molecular complexity index is 1200. The molecule has 0 fully saturated rings. The number of hydrogen-bond donors (Lipinski definition) is 2. The van der Waals surface area contributed by atoms with Crippen LogP contribution in [0.15, 0.2) is 131 Å². The molecule has 0 heterocycles. The first kappa shape index (κ1) is 23.7. The fourth-order valence-corrected chi connectivity index (χ4v) is 3.87. The van der Waals surface area contributed by atoms with E-state index in [2.05, 4.69) is 42.5 Å². The molecule has 4 aromatic carbocycles. The molecule has 0 saturated carbocycles. The number of halogens is 2. The Hall–Kier alpha value is -3.41. The molecule has 0 aliphatic rings. The number of carbonyl (C=O) groups is 1. The minimum absolute atomic E-state index is 0.0911. The normalized spacial score (nSPS) is 11.7. The lowest BCUT2D eigenvalue weighted by Crippen LogP contribution is -2.09. The van der Waals surface area contributed by atoms with Gasteiger partial charge < -0.3 is 10.6 Å². The summed E-state index contributed by atoms with van der Waals surface area (Å²) in [4.78, 5) is 14.0. The second-order valence-corrected chi connectivity index (χ2v) is 9.31. The molecule has 0 bridgehead atoms. The van der Waals surface area contributed by atoms with Crippen molar-refractivity contribution in [3.63, 3.8) is 0 Å². The van der Waals surface area contributed by atoms with Crippen molar-refractivity contribution in [2.75, 3.05) is 10.6 Å². The zero-order chi connectivity index (χ0) is 23.8. The van der Waals surface area contributed by atoms with Gasteiger partial charge >= 0.3 is 0 Å². The number of Topliss-reactive ketones (excluding diaryl/α,β-unsaturated/α-hetero) is 1. The molecule has 168 valence electrons. The molecule has 0 spiro atoms. The summed E-state index contributed by atoms with van der Waals surface area (Å²) < 4.78 is 1.99. The van der Waals surface area contributed by atoms with E-state index < -0.39 is 0 Å². The fourth-order valence-electron chi connectivity index (χ4n) is 3.34. The molecular formula is C29H22Br2N2O. The van der Waals surface area contributed by atoms with Crippen molar-refractivity contribution in [1.82, 2.24) is 0 Å². The summed E-state index contributed by atoms with van der Waals surface area (Å²) in [6.45, 7) is 0. The van der Waals surface area contributed by atoms with Crippen LogP contribution < -0.4 is 10.6 Å². The standard InChI is InChI=1S/C29H22Br2N2O/c30-23-11-15-25(16-12-23)32-19-27(21-7-3-1-4-8-21)29(34)28(22-9-5-2-6-10-22)20-33-26-17-13-24(31)14-18-26/h1-20,32-33H/b27-19+,28-20+. The van der Waals surface area contributed by atoms with E-state index in [1.807, 2.05) is 109 Å². The number of carbonyl (C=O) groups excluding carboxylic acids is 1. The van der Waals surface area contributed by atoms with Gasteiger partial charge in [-0.3, -0.25) is 4.79 Å². The van der Waals surface area contributed by atoms with Crippen LogP contribution in [0.3, 0.4) is 0 Å². The summed E-state index contributed by atoms with van der Waals surface area (Å²) in [6.07, 6.45) is 3.55. The van der Waals surface area contributed by atoms with Gasteiger partial charge in [0.2, 0.25) is 0 Å². The Morgan fingerprint density at radius 1 is 0.529 bits per heavy atom. The van der Waals surface area contributed by atoms with Gasteiger partial charge in [0.15, 0.2) is 5.78 Å². The van der Waals surface area contributed by atoms with E-state index in [-0.39, 0.29) is 5.78 Å². The molecule has 0 amide bonds. The number of allylic oxidation sites excluding steroid dienone is 2. The first-order valence-corrected chi connectivity index (χ1v) is 12.3. The smallest absolute Gasteiger partial charge is 0.197 e. The van der Waals surface area contributed by atoms with Crippen molar-refractivity contribution in [3.8, 4) is 0 Å². The molecule has 0 radical (unpaired) electrons. The number of ketones is 1. The molecule has 34 heavy (non-hydrogen) atoms. The van der Waals surface area contributed by atoms with Crippen LogP contribution in [0, 0.1) is 0 Å². The van der Waals surface area contributed by atoms with E-state index >= 15 is 0 Å². The molecular weight excluding hydrogens is 552 g/mol. The second-order valence-electron chi connectivity index (χ2n) is 7.48. The number of nitrogens with one attached hydrogen (secondary N) is 2. The third kappa shape index (κ3) is 6.34. The molecule has 4 aromatic rings. The van der Waals surface area contributed by atoms with Gasteiger partial charge in [0.25, 0.3) is 0 Å². The third-order valence-corrected chi connectivity index (χ3v) is 6.17. The molecule has 0 aliphatic carbocycles. The Kier molecular flexibility index (Phi) is 8.12. The number of hydrogen-bond acceptors (Lipinski definition) is 3. The number of benzene rings is 4. The summed E-state index contributed by atoms with van der Waals surface area (Å²) in [6, 6.07) is 35.0. The molecule has 0 saturated heterocycles. The Labute approximate surface area is 216 Å². The first-order valence-electron chi connectivity index (χ1n) is 10.7. The van der Waals surface area contributed by atoms with E-state index in [0.29, 0.717) is 11.1 Å². The zero-order valence-corrected chi connectivity index (χ0v) is 21.4. The molecule has 0 aromatic heterocycles. The van der Waals surface area contributed by atoms with Gasteiger partial charge in [0, 0.05) is 43.9 Å². The van der Waals surface area contributed by atoms with Gasteiger partial charge in [-0.05, 0) is 59.7 Å². The highest BCUT2D eigenvalue weighted by molar-refractivity contribution is 9.10. The summed E-state index contributed by atoms with van der Waals surface area (Å²) in [5.74, 6) is -0.0911. The number of rotatable bonds is 8.